The molecule has 0 fully saturated rings. The number of hydrogen-bond acceptors (Lipinski definition) is 6. The van der Waals surface area contributed by atoms with E-state index in [2.05, 4.69) is 4.74 Å². The molecule has 0 heterocycles. The molecule has 6 nitrogen and oxygen atoms in total. The monoisotopic (exact) mass is 402 g/mol. The summed E-state index contributed by atoms with van der Waals surface area (Å²) in [5, 5.41) is 11.2. The van der Waals surface area contributed by atoms with E-state index in [0.717, 1.165) is 5.56 Å². The number of aliphatic hydroxyl groups is 1. The molecule has 0 aromatic heterocycles. The fourth-order valence-electron chi connectivity index (χ4n) is 3.06. The Bertz CT molecular complexity index is 767. The molecule has 0 saturated carbocycles. The first-order chi connectivity index (χ1) is 13.4. The van der Waals surface area contributed by atoms with Gasteiger partial charge in [0.25, 0.3) is 0 Å². The van der Waals surface area contributed by atoms with E-state index in [1.165, 1.54) is 14.2 Å². The van der Waals surface area contributed by atoms with Crippen LogP contribution in [0.25, 0.3) is 0 Å². The minimum absolute atomic E-state index is 0.276. The lowest BCUT2D eigenvalue weighted by molar-refractivity contribution is -0.156. The normalized spacial score (nSPS) is 15.1. The van der Waals surface area contributed by atoms with Gasteiger partial charge in [-0.25, -0.2) is 4.79 Å². The van der Waals surface area contributed by atoms with Crippen molar-refractivity contribution in [3.05, 3.63) is 71.8 Å². The zero-order valence-electron chi connectivity index (χ0n) is 16.3. The van der Waals surface area contributed by atoms with Gasteiger partial charge in [-0.05, 0) is 23.7 Å². The molecule has 0 aliphatic carbocycles. The van der Waals surface area contributed by atoms with Crippen molar-refractivity contribution in [1.29, 1.82) is 0 Å². The van der Waals surface area contributed by atoms with E-state index in [4.69, 9.17) is 9.16 Å². The van der Waals surface area contributed by atoms with E-state index >= 15 is 0 Å². The van der Waals surface area contributed by atoms with Crippen LogP contribution in [0.2, 0.25) is 6.55 Å². The number of aliphatic hydroxyl groups excluding tert-OH is 1. The summed E-state index contributed by atoms with van der Waals surface area (Å²) in [5.74, 6) is -1.25. The van der Waals surface area contributed by atoms with Crippen LogP contribution in [-0.2, 0) is 29.5 Å². The van der Waals surface area contributed by atoms with Gasteiger partial charge < -0.3 is 19.0 Å². The van der Waals surface area contributed by atoms with Gasteiger partial charge in [-0.2, -0.15) is 0 Å². The molecule has 0 amide bonds. The zero-order chi connectivity index (χ0) is 20.6. The smallest absolute Gasteiger partial charge is 0.334 e. The number of benzene rings is 2. The average Bonchev–Trinajstić information content (AvgIpc) is 2.73. The van der Waals surface area contributed by atoms with Gasteiger partial charge in [0.1, 0.15) is 0 Å². The lowest BCUT2D eigenvalue weighted by atomic mass is 10.2. The Hall–Kier alpha value is -2.48. The molecule has 0 aliphatic rings. The maximum Gasteiger partial charge on any atom is 0.334 e. The molecule has 2 rings (SSSR count). The third-order valence-electron chi connectivity index (χ3n) is 4.55. The van der Waals surface area contributed by atoms with Crippen molar-refractivity contribution < 1.29 is 28.6 Å². The molecule has 0 aliphatic heterocycles. The van der Waals surface area contributed by atoms with Crippen LogP contribution < -0.4 is 0 Å². The van der Waals surface area contributed by atoms with Crippen LogP contribution >= 0.6 is 0 Å². The molecule has 0 spiro atoms. The maximum atomic E-state index is 12.2. The Morgan fingerprint density at radius 3 is 2.07 bits per heavy atom. The summed E-state index contributed by atoms with van der Waals surface area (Å²) in [6.45, 7) is 1.85. The molecule has 3 atom stereocenters. The first-order valence-electron chi connectivity index (χ1n) is 8.99. The molecule has 150 valence electrons. The highest BCUT2D eigenvalue weighted by atomic mass is 28.4. The fraction of sp³-hybridized carbons (Fsp3) is 0.333. The Kier molecular flexibility index (Phi) is 7.92. The van der Waals surface area contributed by atoms with Gasteiger partial charge >= 0.3 is 11.9 Å². The Morgan fingerprint density at radius 2 is 1.54 bits per heavy atom. The highest BCUT2D eigenvalue weighted by molar-refractivity contribution is 6.73. The van der Waals surface area contributed by atoms with E-state index in [-0.39, 0.29) is 6.42 Å². The van der Waals surface area contributed by atoms with Crippen molar-refractivity contribution in [2.75, 3.05) is 14.2 Å². The highest BCUT2D eigenvalue weighted by Crippen LogP contribution is 2.30. The van der Waals surface area contributed by atoms with Gasteiger partial charge in [0.05, 0.1) is 26.4 Å². The number of methoxy groups -OCH3 is 2. The fourth-order valence-corrected chi connectivity index (χ4v) is 6.24. The standard InChI is InChI=1S/C21H26O6Si/c1-25-19(22)14-18(20(23)26-2)27-28(3,15-16-10-6-4-7-11-16)21(24)17-12-8-5-9-13-17/h4-13,18,21,24H,14-15H2,1-3H3. The van der Waals surface area contributed by atoms with Crippen LogP contribution in [0.1, 0.15) is 23.3 Å². The SMILES string of the molecule is COC(=O)CC(O[Si](C)(Cc1ccccc1)C(O)c1ccccc1)C(=O)OC. The molecular formula is C21H26O6Si. The molecule has 1 N–H and O–H groups in total. The summed E-state index contributed by atoms with van der Waals surface area (Å²) in [4.78, 5) is 24.0. The second-order valence-electron chi connectivity index (χ2n) is 6.70. The Labute approximate surface area is 166 Å². The summed E-state index contributed by atoms with van der Waals surface area (Å²) in [7, 11) is -0.527. The molecule has 0 radical (unpaired) electrons. The topological polar surface area (TPSA) is 82.1 Å². The minimum Gasteiger partial charge on any atom is -0.469 e. The van der Waals surface area contributed by atoms with Gasteiger partial charge in [-0.3, -0.25) is 4.79 Å². The molecule has 0 bridgehead atoms. The van der Waals surface area contributed by atoms with Crippen LogP contribution in [0, 0.1) is 0 Å². The highest BCUT2D eigenvalue weighted by Gasteiger charge is 2.43. The molecule has 0 saturated heterocycles. The first-order valence-corrected chi connectivity index (χ1v) is 11.7. The largest absolute Gasteiger partial charge is 0.469 e. The number of ether oxygens (including phenoxy) is 2. The van der Waals surface area contributed by atoms with Crippen LogP contribution in [0.15, 0.2) is 60.7 Å². The van der Waals surface area contributed by atoms with Crippen molar-refractivity contribution in [3.8, 4) is 0 Å². The van der Waals surface area contributed by atoms with Crippen molar-refractivity contribution in [1.82, 2.24) is 0 Å². The first kappa shape index (κ1) is 21.8. The van der Waals surface area contributed by atoms with Crippen molar-refractivity contribution in [2.45, 2.75) is 30.8 Å². The summed E-state index contributed by atoms with van der Waals surface area (Å²) >= 11 is 0. The number of hydrogen-bond donors (Lipinski definition) is 1. The van der Waals surface area contributed by atoms with Gasteiger partial charge in [-0.1, -0.05) is 60.7 Å². The third kappa shape index (κ3) is 5.76. The Morgan fingerprint density at radius 1 is 0.964 bits per heavy atom. The number of esters is 2. The zero-order valence-corrected chi connectivity index (χ0v) is 17.3. The van der Waals surface area contributed by atoms with Crippen LogP contribution in [0.4, 0.5) is 0 Å². The van der Waals surface area contributed by atoms with E-state index in [0.29, 0.717) is 11.6 Å². The van der Waals surface area contributed by atoms with E-state index < -0.39 is 32.1 Å². The average molecular weight is 403 g/mol. The Balaban J connectivity index is 2.37. The van der Waals surface area contributed by atoms with Crippen LogP contribution in [0.3, 0.4) is 0 Å². The molecule has 2 aromatic carbocycles. The maximum absolute atomic E-state index is 12.2. The number of carbonyl (C=O) groups excluding carboxylic acids is 2. The van der Waals surface area contributed by atoms with E-state index in [9.17, 15) is 14.7 Å². The van der Waals surface area contributed by atoms with Crippen molar-refractivity contribution in [3.63, 3.8) is 0 Å². The summed E-state index contributed by atoms with van der Waals surface area (Å²) < 4.78 is 15.7. The molecular weight excluding hydrogens is 376 g/mol. The van der Waals surface area contributed by atoms with Gasteiger partial charge in [0.15, 0.2) is 6.10 Å². The lowest BCUT2D eigenvalue weighted by Crippen LogP contribution is -2.50. The molecule has 7 heteroatoms. The van der Waals surface area contributed by atoms with Gasteiger partial charge in [-0.15, -0.1) is 0 Å². The van der Waals surface area contributed by atoms with Crippen molar-refractivity contribution in [2.24, 2.45) is 0 Å². The summed E-state index contributed by atoms with van der Waals surface area (Å²) in [5.41, 5.74) is 0.779. The molecule has 28 heavy (non-hydrogen) atoms. The summed E-state index contributed by atoms with van der Waals surface area (Å²) in [6, 6.07) is 19.2. The molecule has 2 aromatic rings. The van der Waals surface area contributed by atoms with Crippen LogP contribution in [0.5, 0.6) is 0 Å². The predicted octanol–water partition coefficient (Wildman–Crippen LogP) is 2.74. The van der Waals surface area contributed by atoms with Gasteiger partial charge in [0.2, 0.25) is 8.32 Å². The third-order valence-corrected chi connectivity index (χ3v) is 7.97. The number of carbonyl (C=O) groups is 2. The quantitative estimate of drug-likeness (QED) is 0.513. The van der Waals surface area contributed by atoms with Crippen LogP contribution in [-0.4, -0.2) is 45.7 Å². The van der Waals surface area contributed by atoms with Crippen molar-refractivity contribution >= 4 is 20.3 Å². The number of rotatable bonds is 9. The van der Waals surface area contributed by atoms with Gasteiger partial charge in [0, 0.05) is 0 Å². The second kappa shape index (κ2) is 10.2. The van der Waals surface area contributed by atoms with E-state index in [1.807, 2.05) is 67.2 Å². The lowest BCUT2D eigenvalue weighted by Gasteiger charge is -2.35. The summed E-state index contributed by atoms with van der Waals surface area (Å²) in [6.07, 6.45) is -1.42. The molecule has 3 unspecified atom stereocenters. The predicted molar refractivity (Wildman–Crippen MR) is 107 cm³/mol. The second-order valence-corrected chi connectivity index (χ2v) is 10.5. The van der Waals surface area contributed by atoms with E-state index in [1.54, 1.807) is 0 Å². The minimum atomic E-state index is -3.01.